The molecule has 1 unspecified atom stereocenters. The van der Waals surface area contributed by atoms with Crippen LogP contribution in [0.25, 0.3) is 22.5 Å². The molecule has 2 aromatic heterocycles. The maximum Gasteiger partial charge on any atom is 0.287 e. The highest BCUT2D eigenvalue weighted by Crippen LogP contribution is 2.39. The third-order valence-corrected chi connectivity index (χ3v) is 8.27. The normalized spacial score (nSPS) is 15.6. The number of ketones is 1. The first-order chi connectivity index (χ1) is 20.4. The Bertz CT molecular complexity index is 1770. The molecule has 9 heteroatoms. The van der Waals surface area contributed by atoms with Crippen LogP contribution in [0.1, 0.15) is 59.4 Å². The molecule has 3 heterocycles. The molecule has 42 heavy (non-hydrogen) atoms. The number of fused-ring (bicyclic) bond motifs is 3. The smallest absolute Gasteiger partial charge is 0.287 e. The van der Waals surface area contributed by atoms with Gasteiger partial charge in [0, 0.05) is 16.7 Å². The first-order valence-corrected chi connectivity index (χ1v) is 14.2. The predicted molar refractivity (Wildman–Crippen MR) is 156 cm³/mol. The van der Waals surface area contributed by atoms with Crippen molar-refractivity contribution in [1.29, 1.82) is 5.26 Å². The topological polar surface area (TPSA) is 101 Å². The van der Waals surface area contributed by atoms with Crippen LogP contribution in [0.3, 0.4) is 0 Å². The zero-order valence-corrected chi connectivity index (χ0v) is 23.5. The molecule has 2 aliphatic rings. The minimum Gasteiger partial charge on any atom is -0.490 e. The lowest BCUT2D eigenvalue weighted by atomic mass is 9.98. The zero-order chi connectivity index (χ0) is 29.4. The van der Waals surface area contributed by atoms with E-state index >= 15 is 4.39 Å². The maximum atomic E-state index is 15.1. The summed E-state index contributed by atoms with van der Waals surface area (Å²) >= 11 is 0. The van der Waals surface area contributed by atoms with Crippen LogP contribution in [0.2, 0.25) is 0 Å². The number of ether oxygens (including phenoxy) is 1. The van der Waals surface area contributed by atoms with Gasteiger partial charge in [-0.2, -0.15) is 5.26 Å². The molecule has 4 aromatic rings. The van der Waals surface area contributed by atoms with Crippen molar-refractivity contribution < 1.29 is 13.9 Å². The number of hydrogen-bond donors (Lipinski definition) is 0. The average Bonchev–Trinajstić information content (AvgIpc) is 3.29. The van der Waals surface area contributed by atoms with E-state index in [1.54, 1.807) is 30.6 Å². The summed E-state index contributed by atoms with van der Waals surface area (Å²) in [6.45, 7) is 4.67. The van der Waals surface area contributed by atoms with Crippen molar-refractivity contribution in [2.75, 3.05) is 26.7 Å². The van der Waals surface area contributed by atoms with Crippen molar-refractivity contribution >= 4 is 5.78 Å². The van der Waals surface area contributed by atoms with E-state index in [2.05, 4.69) is 28.0 Å². The highest BCUT2D eigenvalue weighted by molar-refractivity contribution is 6.20. The molecular formula is C33H30FN5O3. The molecular weight excluding hydrogens is 533 g/mol. The maximum absolute atomic E-state index is 15.1. The average molecular weight is 564 g/mol. The quantitative estimate of drug-likeness (QED) is 0.267. The van der Waals surface area contributed by atoms with Crippen molar-refractivity contribution in [3.05, 3.63) is 99.5 Å². The van der Waals surface area contributed by atoms with E-state index in [9.17, 15) is 14.9 Å². The van der Waals surface area contributed by atoms with Gasteiger partial charge in [-0.25, -0.2) is 14.4 Å². The summed E-state index contributed by atoms with van der Waals surface area (Å²) in [7, 11) is 2.13. The summed E-state index contributed by atoms with van der Waals surface area (Å²) in [5, 5.41) is 9.35. The first-order valence-electron chi connectivity index (χ1n) is 14.2. The second-order valence-corrected chi connectivity index (χ2v) is 11.0. The van der Waals surface area contributed by atoms with Crippen LogP contribution >= 0.6 is 0 Å². The van der Waals surface area contributed by atoms with Gasteiger partial charge < -0.3 is 9.64 Å². The molecule has 1 atom stereocenters. The predicted octanol–water partition coefficient (Wildman–Crippen LogP) is 5.25. The number of nitriles is 1. The van der Waals surface area contributed by atoms with Crippen LogP contribution in [0, 0.1) is 23.1 Å². The van der Waals surface area contributed by atoms with E-state index in [1.165, 1.54) is 4.57 Å². The van der Waals surface area contributed by atoms with E-state index < -0.39 is 17.4 Å². The number of carbonyl (C=O) groups excluding carboxylic acids is 1. The fraction of sp³-hybridized carbons (Fsp3) is 0.303. The van der Waals surface area contributed by atoms with Crippen LogP contribution in [-0.2, 0) is 0 Å². The van der Waals surface area contributed by atoms with Gasteiger partial charge in [0.05, 0.1) is 36.7 Å². The summed E-state index contributed by atoms with van der Waals surface area (Å²) in [5.74, 6) is 0.299. The number of aromatic nitrogens is 3. The number of likely N-dealkylation sites (tertiary alicyclic amines) is 1. The van der Waals surface area contributed by atoms with Gasteiger partial charge in [-0.05, 0) is 86.8 Å². The molecule has 0 amide bonds. The summed E-state index contributed by atoms with van der Waals surface area (Å²) in [4.78, 5) is 38.1. The molecule has 212 valence electrons. The molecule has 1 saturated heterocycles. The molecule has 0 bridgehead atoms. The molecule has 1 fully saturated rings. The van der Waals surface area contributed by atoms with Crippen LogP contribution < -0.4 is 10.3 Å². The van der Waals surface area contributed by atoms with Gasteiger partial charge in [-0.3, -0.25) is 14.2 Å². The lowest BCUT2D eigenvalue weighted by molar-refractivity contribution is 0.103. The minimum absolute atomic E-state index is 0.131. The van der Waals surface area contributed by atoms with E-state index in [-0.39, 0.29) is 11.5 Å². The fourth-order valence-corrected chi connectivity index (χ4v) is 5.93. The molecule has 0 radical (unpaired) electrons. The van der Waals surface area contributed by atoms with Gasteiger partial charge in [0.2, 0.25) is 5.78 Å². The molecule has 0 saturated carbocycles. The SMILES string of the molecule is CCC(c1cccc(-c2ncc(OCC3CCN(C)CC3)cn2)c1)n1c2c(cc(F)c1=O)-c1cc(C#N)ccc1C2=O. The highest BCUT2D eigenvalue weighted by Gasteiger charge is 2.34. The van der Waals surface area contributed by atoms with Crippen LogP contribution in [0.4, 0.5) is 4.39 Å². The Balaban J connectivity index is 1.30. The zero-order valence-electron chi connectivity index (χ0n) is 23.5. The number of carbonyl (C=O) groups is 1. The Kier molecular flexibility index (Phi) is 7.40. The Morgan fingerprint density at radius 2 is 1.81 bits per heavy atom. The Morgan fingerprint density at radius 1 is 1.05 bits per heavy atom. The number of pyridine rings is 1. The van der Waals surface area contributed by atoms with Gasteiger partial charge in [-0.15, -0.1) is 0 Å². The molecule has 8 nitrogen and oxygen atoms in total. The fourth-order valence-electron chi connectivity index (χ4n) is 5.93. The lowest BCUT2D eigenvalue weighted by Crippen LogP contribution is -2.32. The van der Waals surface area contributed by atoms with Gasteiger partial charge in [0.25, 0.3) is 5.56 Å². The number of piperidine rings is 1. The monoisotopic (exact) mass is 563 g/mol. The minimum atomic E-state index is -0.953. The van der Waals surface area contributed by atoms with Crippen LogP contribution in [-0.4, -0.2) is 52.0 Å². The summed E-state index contributed by atoms with van der Waals surface area (Å²) in [6.07, 6.45) is 5.97. The van der Waals surface area contributed by atoms with Gasteiger partial charge >= 0.3 is 0 Å². The lowest BCUT2D eigenvalue weighted by Gasteiger charge is -2.28. The van der Waals surface area contributed by atoms with Crippen molar-refractivity contribution in [2.24, 2.45) is 5.92 Å². The van der Waals surface area contributed by atoms with E-state index in [4.69, 9.17) is 4.74 Å². The van der Waals surface area contributed by atoms with Crippen LogP contribution in [0.15, 0.2) is 65.7 Å². The van der Waals surface area contributed by atoms with Gasteiger partial charge in [0.1, 0.15) is 5.69 Å². The van der Waals surface area contributed by atoms with Crippen molar-refractivity contribution in [3.8, 4) is 34.3 Å². The van der Waals surface area contributed by atoms with Gasteiger partial charge in [0.15, 0.2) is 17.4 Å². The van der Waals surface area contributed by atoms with Crippen LogP contribution in [0.5, 0.6) is 5.75 Å². The van der Waals surface area contributed by atoms with E-state index in [0.717, 1.165) is 43.1 Å². The van der Waals surface area contributed by atoms with Gasteiger partial charge in [-0.1, -0.05) is 25.1 Å². The molecule has 1 aliphatic carbocycles. The second-order valence-electron chi connectivity index (χ2n) is 11.0. The number of halogens is 1. The Hall–Kier alpha value is -4.68. The molecule has 2 aromatic carbocycles. The molecule has 1 aliphatic heterocycles. The second kappa shape index (κ2) is 11.3. The highest BCUT2D eigenvalue weighted by atomic mass is 19.1. The Morgan fingerprint density at radius 3 is 2.52 bits per heavy atom. The van der Waals surface area contributed by atoms with Crippen molar-refractivity contribution in [3.63, 3.8) is 0 Å². The number of hydrogen-bond acceptors (Lipinski definition) is 7. The number of nitrogens with zero attached hydrogens (tertiary/aromatic N) is 5. The summed E-state index contributed by atoms with van der Waals surface area (Å²) < 4.78 is 22.3. The largest absolute Gasteiger partial charge is 0.490 e. The standard InChI is InChI=1S/C33H30FN5O3/c1-3-29(39-30-27(15-28(34)33(39)41)26-13-21(16-35)7-8-25(26)31(30)40)22-5-4-6-23(14-22)32-36-17-24(18-37-32)42-19-20-9-11-38(2)12-10-20/h4-8,13-15,17-18,20,29H,3,9-12,19H2,1-2H3. The summed E-state index contributed by atoms with van der Waals surface area (Å²) in [6, 6.07) is 14.6. The Labute approximate surface area is 243 Å². The molecule has 6 rings (SSSR count). The van der Waals surface area contributed by atoms with E-state index in [1.807, 2.05) is 31.2 Å². The third-order valence-electron chi connectivity index (χ3n) is 8.27. The molecule has 0 spiro atoms. The number of benzene rings is 2. The van der Waals surface area contributed by atoms with E-state index in [0.29, 0.717) is 52.8 Å². The molecule has 0 N–H and O–H groups in total. The third kappa shape index (κ3) is 4.99. The van der Waals surface area contributed by atoms with Crippen molar-refractivity contribution in [2.45, 2.75) is 32.2 Å². The summed E-state index contributed by atoms with van der Waals surface area (Å²) in [5.41, 5.74) is 2.18. The first kappa shape index (κ1) is 27.5. The number of rotatable bonds is 7. The van der Waals surface area contributed by atoms with Crippen molar-refractivity contribution in [1.82, 2.24) is 19.4 Å².